The van der Waals surface area contributed by atoms with Gasteiger partial charge in [-0.25, -0.2) is 0 Å². The molecule has 0 spiro atoms. The molecule has 3 rings (SSSR count). The smallest absolute Gasteiger partial charge is 0.348 e. The molecular formula is C13H17ClN6O4S. The minimum absolute atomic E-state index is 0.162. The Hall–Kier alpha value is -2.01. The van der Waals surface area contributed by atoms with Crippen LogP contribution in [0.3, 0.4) is 0 Å². The van der Waals surface area contributed by atoms with E-state index < -0.39 is 15.7 Å². The lowest BCUT2D eigenvalue weighted by atomic mass is 10.3. The Labute approximate surface area is 151 Å². The van der Waals surface area contributed by atoms with Crippen LogP contribution >= 0.6 is 11.6 Å². The number of carbonyl (C=O) groups excluding carboxylic acids is 1. The van der Waals surface area contributed by atoms with Gasteiger partial charge in [-0.1, -0.05) is 11.6 Å². The molecule has 10 nitrogen and oxygen atoms in total. The molecule has 0 atom stereocenters. The van der Waals surface area contributed by atoms with Crippen molar-refractivity contribution in [2.45, 2.75) is 0 Å². The minimum Gasteiger partial charge on any atom is -0.349 e. The Morgan fingerprint density at radius 2 is 1.72 bits per heavy atom. The lowest BCUT2D eigenvalue weighted by molar-refractivity contribution is -0.384. The number of carbonyl (C=O) groups is 1. The molecule has 0 N–H and O–H groups in total. The summed E-state index contributed by atoms with van der Waals surface area (Å²) in [7, 11) is -0.909. The van der Waals surface area contributed by atoms with Gasteiger partial charge in [0.05, 0.1) is 4.92 Å². The Kier molecular flexibility index (Phi) is 5.33. The monoisotopic (exact) mass is 388 g/mol. The van der Waals surface area contributed by atoms with E-state index in [-0.39, 0.29) is 16.7 Å². The van der Waals surface area contributed by atoms with Crippen molar-refractivity contribution < 1.29 is 13.9 Å². The molecule has 2 aliphatic heterocycles. The van der Waals surface area contributed by atoms with Crippen LogP contribution in [0.15, 0.2) is 0 Å². The fraction of sp³-hybridized carbons (Fsp3) is 0.615. The molecule has 0 aromatic carbocycles. The topological polar surface area (TPSA) is 113 Å². The number of hydrogen-bond donors (Lipinski definition) is 0. The average molecular weight is 389 g/mol. The van der Waals surface area contributed by atoms with E-state index in [2.05, 4.69) is 9.97 Å². The molecule has 136 valence electrons. The van der Waals surface area contributed by atoms with Crippen molar-refractivity contribution in [1.82, 2.24) is 14.9 Å². The molecule has 2 aliphatic rings. The van der Waals surface area contributed by atoms with Gasteiger partial charge in [-0.2, -0.15) is 9.97 Å². The molecule has 0 radical (unpaired) electrons. The van der Waals surface area contributed by atoms with E-state index in [0.717, 1.165) is 6.41 Å². The van der Waals surface area contributed by atoms with Crippen molar-refractivity contribution in [3.63, 3.8) is 0 Å². The molecule has 1 aromatic rings. The molecule has 3 heterocycles. The van der Waals surface area contributed by atoms with E-state index in [4.69, 9.17) is 11.6 Å². The zero-order valence-corrected chi connectivity index (χ0v) is 14.9. The van der Waals surface area contributed by atoms with Gasteiger partial charge in [-0.05, 0) is 0 Å². The summed E-state index contributed by atoms with van der Waals surface area (Å²) in [4.78, 5) is 35.3. The number of anilines is 2. The zero-order valence-electron chi connectivity index (χ0n) is 13.3. The van der Waals surface area contributed by atoms with Crippen molar-refractivity contribution >= 4 is 46.3 Å². The number of amides is 1. The molecular weight excluding hydrogens is 372 g/mol. The highest BCUT2D eigenvalue weighted by molar-refractivity contribution is 7.85. The quantitative estimate of drug-likeness (QED) is 0.304. The highest BCUT2D eigenvalue weighted by Gasteiger charge is 2.31. The fourth-order valence-electron chi connectivity index (χ4n) is 2.80. The van der Waals surface area contributed by atoms with Crippen LogP contribution in [0, 0.1) is 10.1 Å². The fourth-order valence-corrected chi connectivity index (χ4v) is 4.08. The van der Waals surface area contributed by atoms with E-state index >= 15 is 0 Å². The van der Waals surface area contributed by atoms with Crippen molar-refractivity contribution in [3.8, 4) is 0 Å². The van der Waals surface area contributed by atoms with Crippen molar-refractivity contribution in [2.75, 3.05) is 60.6 Å². The van der Waals surface area contributed by atoms with Gasteiger partial charge in [0, 0.05) is 61.6 Å². The normalized spacial score (nSPS) is 19.2. The summed E-state index contributed by atoms with van der Waals surface area (Å²) in [5.41, 5.74) is -0.329. The Bertz CT molecular complexity index is 702. The maximum atomic E-state index is 11.5. The van der Waals surface area contributed by atoms with Gasteiger partial charge < -0.3 is 14.7 Å². The second-order valence-electron chi connectivity index (χ2n) is 5.71. The number of hydrogen-bond acceptors (Lipinski definition) is 8. The number of aromatic nitrogens is 2. The van der Waals surface area contributed by atoms with Crippen molar-refractivity contribution in [2.24, 2.45) is 0 Å². The van der Waals surface area contributed by atoms with Crippen LogP contribution in [0.4, 0.5) is 17.5 Å². The first kappa shape index (κ1) is 17.8. The highest BCUT2D eigenvalue weighted by atomic mass is 35.5. The van der Waals surface area contributed by atoms with Gasteiger partial charge in [-0.3, -0.25) is 19.1 Å². The Balaban J connectivity index is 1.92. The summed E-state index contributed by atoms with van der Waals surface area (Å²) < 4.78 is 11.5. The number of halogens is 1. The summed E-state index contributed by atoms with van der Waals surface area (Å²) >= 11 is 6.08. The summed E-state index contributed by atoms with van der Waals surface area (Å²) in [6.45, 7) is 2.93. The van der Waals surface area contributed by atoms with Gasteiger partial charge in [0.15, 0.2) is 0 Å². The zero-order chi connectivity index (χ0) is 18.0. The van der Waals surface area contributed by atoms with Crippen molar-refractivity contribution in [3.05, 3.63) is 15.3 Å². The van der Waals surface area contributed by atoms with E-state index in [9.17, 15) is 19.1 Å². The minimum atomic E-state index is -0.909. The summed E-state index contributed by atoms with van der Waals surface area (Å²) in [6.07, 6.45) is 0.792. The van der Waals surface area contributed by atoms with Crippen LogP contribution in [0.2, 0.25) is 5.15 Å². The molecule has 1 aromatic heterocycles. The molecule has 0 bridgehead atoms. The predicted octanol–water partition coefficient (Wildman–Crippen LogP) is -0.115. The molecule has 2 fully saturated rings. The first-order valence-corrected chi connectivity index (χ1v) is 9.62. The Morgan fingerprint density at radius 3 is 2.28 bits per heavy atom. The third-order valence-corrected chi connectivity index (χ3v) is 5.76. The number of rotatable bonds is 4. The lowest BCUT2D eigenvalue weighted by Gasteiger charge is -2.33. The highest BCUT2D eigenvalue weighted by Crippen LogP contribution is 2.34. The first-order valence-electron chi connectivity index (χ1n) is 7.75. The van der Waals surface area contributed by atoms with Gasteiger partial charge >= 0.3 is 5.69 Å². The molecule has 1 amide bonds. The maximum Gasteiger partial charge on any atom is 0.348 e. The molecule has 25 heavy (non-hydrogen) atoms. The number of nitrogens with zero attached hydrogens (tertiary/aromatic N) is 6. The Morgan fingerprint density at radius 1 is 1.08 bits per heavy atom. The maximum absolute atomic E-state index is 11.5. The molecule has 0 aliphatic carbocycles. The largest absolute Gasteiger partial charge is 0.349 e. The second-order valence-corrected chi connectivity index (χ2v) is 7.76. The van der Waals surface area contributed by atoms with Gasteiger partial charge in [0.1, 0.15) is 0 Å². The predicted molar refractivity (Wildman–Crippen MR) is 93.6 cm³/mol. The number of piperazine rings is 1. The van der Waals surface area contributed by atoms with E-state index in [1.54, 1.807) is 9.80 Å². The SMILES string of the molecule is O=CN1CCN(c2nc(Cl)c([N+](=O)[O-])c(N3CCS(=O)CC3)n2)CC1. The van der Waals surface area contributed by atoms with Crippen LogP contribution in [0.25, 0.3) is 0 Å². The molecule has 0 unspecified atom stereocenters. The molecule has 2 saturated heterocycles. The molecule has 12 heteroatoms. The van der Waals surface area contributed by atoms with Crippen LogP contribution in [0.1, 0.15) is 0 Å². The third-order valence-electron chi connectivity index (χ3n) is 4.22. The lowest BCUT2D eigenvalue weighted by Crippen LogP contribution is -2.46. The van der Waals surface area contributed by atoms with Crippen molar-refractivity contribution in [1.29, 1.82) is 0 Å². The number of nitro groups is 1. The van der Waals surface area contributed by atoms with Gasteiger partial charge in [0.25, 0.3) is 0 Å². The van der Waals surface area contributed by atoms with Crippen LogP contribution in [0.5, 0.6) is 0 Å². The van der Waals surface area contributed by atoms with Gasteiger partial charge in [0.2, 0.25) is 23.3 Å². The summed E-state index contributed by atoms with van der Waals surface area (Å²) in [5, 5.41) is 11.2. The first-order chi connectivity index (χ1) is 12.0. The van der Waals surface area contributed by atoms with Crippen LogP contribution < -0.4 is 9.80 Å². The second kappa shape index (κ2) is 7.48. The summed E-state index contributed by atoms with van der Waals surface area (Å²) in [6, 6.07) is 0. The standard InChI is InChI=1S/C13H17ClN6O4S/c14-11-10(20(22)23)12(18-5-7-25(24)8-6-18)16-13(15-11)19-3-1-17(9-21)2-4-19/h9H,1-8H2. The van der Waals surface area contributed by atoms with Gasteiger partial charge in [-0.15, -0.1) is 0 Å². The average Bonchev–Trinajstić information content (AvgIpc) is 2.61. The van der Waals surface area contributed by atoms with E-state index in [1.165, 1.54) is 0 Å². The van der Waals surface area contributed by atoms with Crippen LogP contribution in [-0.4, -0.2) is 81.2 Å². The van der Waals surface area contributed by atoms with Crippen LogP contribution in [-0.2, 0) is 15.6 Å². The van der Waals surface area contributed by atoms with E-state index in [1.807, 2.05) is 4.90 Å². The van der Waals surface area contributed by atoms with E-state index in [0.29, 0.717) is 56.7 Å². The third kappa shape index (κ3) is 3.82. The summed E-state index contributed by atoms with van der Waals surface area (Å²) in [5.74, 6) is 1.34. The molecule has 0 saturated carbocycles.